The van der Waals surface area contributed by atoms with Crippen LogP contribution in [0.2, 0.25) is 0 Å². The zero-order chi connectivity index (χ0) is 17.3. The third-order valence-electron chi connectivity index (χ3n) is 3.37. The monoisotopic (exact) mass is 333 g/mol. The predicted octanol–water partition coefficient (Wildman–Crippen LogP) is 4.89. The number of halogens is 6. The summed E-state index contributed by atoms with van der Waals surface area (Å²) in [5.74, 6) is 0. The van der Waals surface area contributed by atoms with E-state index in [1.54, 1.807) is 0 Å². The topological polar surface area (TPSA) is 26.0 Å². The number of alkyl halides is 6. The Bertz CT molecular complexity index is 688. The molecule has 124 valence electrons. The molecular weight excluding hydrogens is 320 g/mol. The van der Waals surface area contributed by atoms with Crippen LogP contribution in [0.25, 0.3) is 11.1 Å². The second-order valence-electron chi connectivity index (χ2n) is 4.92. The molecule has 0 aliphatic carbocycles. The Labute approximate surface area is 128 Å². The second kappa shape index (κ2) is 6.23. The van der Waals surface area contributed by atoms with Gasteiger partial charge in [0.2, 0.25) is 0 Å². The van der Waals surface area contributed by atoms with Gasteiger partial charge in [-0.1, -0.05) is 30.3 Å². The van der Waals surface area contributed by atoms with Crippen molar-refractivity contribution in [3.63, 3.8) is 0 Å². The van der Waals surface area contributed by atoms with E-state index >= 15 is 0 Å². The van der Waals surface area contributed by atoms with Gasteiger partial charge in [0.05, 0.1) is 11.1 Å². The lowest BCUT2D eigenvalue weighted by Crippen LogP contribution is -2.14. The van der Waals surface area contributed by atoms with E-state index in [9.17, 15) is 26.3 Å². The van der Waals surface area contributed by atoms with Crippen LogP contribution in [-0.2, 0) is 18.8 Å². The van der Waals surface area contributed by atoms with Crippen molar-refractivity contribution in [3.05, 3.63) is 59.2 Å². The van der Waals surface area contributed by atoms with E-state index in [-0.39, 0.29) is 18.5 Å². The average Bonchev–Trinajstić information content (AvgIpc) is 2.45. The SMILES string of the molecule is NCCc1cccc(C(F)(F)F)c1-c1ccccc1C(F)(F)F. The van der Waals surface area contributed by atoms with Crippen molar-refractivity contribution in [3.8, 4) is 11.1 Å². The highest BCUT2D eigenvalue weighted by molar-refractivity contribution is 5.75. The summed E-state index contributed by atoms with van der Waals surface area (Å²) in [5, 5.41) is 0. The number of nitrogens with two attached hydrogens (primary N) is 1. The highest BCUT2D eigenvalue weighted by Crippen LogP contribution is 2.43. The minimum atomic E-state index is -4.77. The first kappa shape index (κ1) is 17.3. The van der Waals surface area contributed by atoms with Gasteiger partial charge < -0.3 is 5.73 Å². The fraction of sp³-hybridized carbons (Fsp3) is 0.250. The molecule has 0 amide bonds. The zero-order valence-electron chi connectivity index (χ0n) is 11.8. The highest BCUT2D eigenvalue weighted by Gasteiger charge is 2.38. The first-order valence-corrected chi connectivity index (χ1v) is 6.72. The lowest BCUT2D eigenvalue weighted by Gasteiger charge is -2.20. The van der Waals surface area contributed by atoms with E-state index < -0.39 is 34.6 Å². The Morgan fingerprint density at radius 2 is 1.30 bits per heavy atom. The van der Waals surface area contributed by atoms with Crippen LogP contribution in [0.3, 0.4) is 0 Å². The van der Waals surface area contributed by atoms with Crippen LogP contribution in [0.15, 0.2) is 42.5 Å². The van der Waals surface area contributed by atoms with Crippen LogP contribution in [0.1, 0.15) is 16.7 Å². The molecule has 0 heterocycles. The zero-order valence-corrected chi connectivity index (χ0v) is 11.8. The van der Waals surface area contributed by atoms with Gasteiger partial charge in [-0.05, 0) is 41.8 Å². The molecule has 0 aliphatic rings. The van der Waals surface area contributed by atoms with Crippen LogP contribution in [-0.4, -0.2) is 6.54 Å². The second-order valence-corrected chi connectivity index (χ2v) is 4.92. The molecule has 0 aliphatic heterocycles. The molecule has 2 rings (SSSR count). The Morgan fingerprint density at radius 1 is 0.739 bits per heavy atom. The van der Waals surface area contributed by atoms with E-state index in [1.165, 1.54) is 18.2 Å². The fourth-order valence-corrected chi connectivity index (χ4v) is 2.47. The Hall–Kier alpha value is -2.02. The molecule has 0 unspecified atom stereocenters. The molecule has 0 saturated heterocycles. The molecule has 2 aromatic carbocycles. The van der Waals surface area contributed by atoms with E-state index in [0.717, 1.165) is 24.3 Å². The minimum absolute atomic E-state index is 0.0303. The molecule has 0 radical (unpaired) electrons. The molecule has 0 spiro atoms. The van der Waals surface area contributed by atoms with Gasteiger partial charge in [-0.15, -0.1) is 0 Å². The fourth-order valence-electron chi connectivity index (χ4n) is 2.47. The largest absolute Gasteiger partial charge is 0.417 e. The molecule has 2 N–H and O–H groups in total. The smallest absolute Gasteiger partial charge is 0.330 e. The average molecular weight is 333 g/mol. The van der Waals surface area contributed by atoms with E-state index in [2.05, 4.69) is 0 Å². The van der Waals surface area contributed by atoms with Gasteiger partial charge in [-0.3, -0.25) is 0 Å². The molecule has 2 aromatic rings. The van der Waals surface area contributed by atoms with E-state index in [1.807, 2.05) is 0 Å². The lowest BCUT2D eigenvalue weighted by atomic mass is 9.89. The van der Waals surface area contributed by atoms with Crippen LogP contribution in [0, 0.1) is 0 Å². The van der Waals surface area contributed by atoms with Crippen molar-refractivity contribution in [1.82, 2.24) is 0 Å². The van der Waals surface area contributed by atoms with Crippen LogP contribution >= 0.6 is 0 Å². The normalized spacial score (nSPS) is 12.5. The van der Waals surface area contributed by atoms with Crippen molar-refractivity contribution in [2.75, 3.05) is 6.54 Å². The van der Waals surface area contributed by atoms with Crippen LogP contribution < -0.4 is 5.73 Å². The third-order valence-corrected chi connectivity index (χ3v) is 3.37. The van der Waals surface area contributed by atoms with Crippen LogP contribution in [0.5, 0.6) is 0 Å². The van der Waals surface area contributed by atoms with Gasteiger partial charge in [0.15, 0.2) is 0 Å². The number of hydrogen-bond acceptors (Lipinski definition) is 1. The van der Waals surface area contributed by atoms with Crippen molar-refractivity contribution in [1.29, 1.82) is 0 Å². The summed E-state index contributed by atoms with van der Waals surface area (Å²) >= 11 is 0. The Balaban J connectivity index is 2.82. The molecule has 1 nitrogen and oxygen atoms in total. The van der Waals surface area contributed by atoms with Crippen molar-refractivity contribution >= 4 is 0 Å². The molecule has 0 bridgehead atoms. The standard InChI is InChI=1S/C16H13F6N/c17-15(18,19)12-6-2-1-5-11(12)14-10(8-9-23)4-3-7-13(14)16(20,21)22/h1-7H,8-9,23H2. The summed E-state index contributed by atoms with van der Waals surface area (Å²) in [6.45, 7) is 0.0303. The lowest BCUT2D eigenvalue weighted by molar-refractivity contribution is -0.139. The summed E-state index contributed by atoms with van der Waals surface area (Å²) in [6.07, 6.45) is -9.47. The summed E-state index contributed by atoms with van der Waals surface area (Å²) < 4.78 is 79.3. The number of hydrogen-bond donors (Lipinski definition) is 1. The molecule has 0 aromatic heterocycles. The first-order chi connectivity index (χ1) is 10.7. The summed E-state index contributed by atoms with van der Waals surface area (Å²) in [6, 6.07) is 7.57. The summed E-state index contributed by atoms with van der Waals surface area (Å²) in [7, 11) is 0. The van der Waals surface area contributed by atoms with Gasteiger partial charge in [0.25, 0.3) is 0 Å². The molecular formula is C16H13F6N. The maximum Gasteiger partial charge on any atom is 0.417 e. The van der Waals surface area contributed by atoms with Gasteiger partial charge in [0, 0.05) is 0 Å². The van der Waals surface area contributed by atoms with Crippen molar-refractivity contribution < 1.29 is 26.3 Å². The van der Waals surface area contributed by atoms with Crippen molar-refractivity contribution in [2.45, 2.75) is 18.8 Å². The number of rotatable bonds is 3. The van der Waals surface area contributed by atoms with Gasteiger partial charge in [-0.2, -0.15) is 26.3 Å². The van der Waals surface area contributed by atoms with Crippen molar-refractivity contribution in [2.24, 2.45) is 5.73 Å². The summed E-state index contributed by atoms with van der Waals surface area (Å²) in [4.78, 5) is 0. The van der Waals surface area contributed by atoms with Gasteiger partial charge >= 0.3 is 12.4 Å². The summed E-state index contributed by atoms with van der Waals surface area (Å²) in [5.41, 5.74) is 2.38. The van der Waals surface area contributed by atoms with Gasteiger partial charge in [-0.25, -0.2) is 0 Å². The molecule has 0 fully saturated rings. The number of benzene rings is 2. The quantitative estimate of drug-likeness (QED) is 0.795. The molecule has 23 heavy (non-hydrogen) atoms. The van der Waals surface area contributed by atoms with Gasteiger partial charge in [0.1, 0.15) is 0 Å². The van der Waals surface area contributed by atoms with Crippen LogP contribution in [0.4, 0.5) is 26.3 Å². The molecule has 7 heteroatoms. The molecule has 0 saturated carbocycles. The highest BCUT2D eigenvalue weighted by atomic mass is 19.4. The maximum atomic E-state index is 13.3. The van der Waals surface area contributed by atoms with E-state index in [0.29, 0.717) is 0 Å². The molecule has 0 atom stereocenters. The predicted molar refractivity (Wildman–Crippen MR) is 74.6 cm³/mol. The van der Waals surface area contributed by atoms with E-state index in [4.69, 9.17) is 5.73 Å². The maximum absolute atomic E-state index is 13.3. The third kappa shape index (κ3) is 3.67. The Kier molecular flexibility index (Phi) is 4.70. The Morgan fingerprint density at radius 3 is 1.87 bits per heavy atom. The first-order valence-electron chi connectivity index (χ1n) is 6.72. The minimum Gasteiger partial charge on any atom is -0.330 e.